The van der Waals surface area contributed by atoms with Crippen LogP contribution in [0.2, 0.25) is 0 Å². The second kappa shape index (κ2) is 7.67. The van der Waals surface area contributed by atoms with Crippen LogP contribution in [0.25, 0.3) is 0 Å². The summed E-state index contributed by atoms with van der Waals surface area (Å²) in [4.78, 5) is 11.8. The lowest BCUT2D eigenvalue weighted by molar-refractivity contribution is -0.145. The number of rotatable bonds is 6. The van der Waals surface area contributed by atoms with Crippen molar-refractivity contribution in [1.29, 1.82) is 0 Å². The summed E-state index contributed by atoms with van der Waals surface area (Å²) in [5.41, 5.74) is 0.779. The van der Waals surface area contributed by atoms with Crippen LogP contribution in [0, 0.1) is 0 Å². The number of allylic oxidation sites excluding steroid dienone is 1. The zero-order valence-electron chi connectivity index (χ0n) is 10.9. The molecule has 98 valence electrons. The molecule has 2 atom stereocenters. The van der Waals surface area contributed by atoms with E-state index in [1.165, 1.54) is 7.11 Å². The lowest BCUT2D eigenvalue weighted by Gasteiger charge is -2.20. The van der Waals surface area contributed by atoms with Gasteiger partial charge in [0.15, 0.2) is 0 Å². The van der Waals surface area contributed by atoms with E-state index in [2.05, 4.69) is 0 Å². The molecule has 18 heavy (non-hydrogen) atoms. The Morgan fingerprint density at radius 3 is 2.56 bits per heavy atom. The van der Waals surface area contributed by atoms with Crippen LogP contribution < -0.4 is 0 Å². The third-order valence-electron chi connectivity index (χ3n) is 2.78. The average Bonchev–Trinajstić information content (AvgIpc) is 2.40. The van der Waals surface area contributed by atoms with E-state index in [4.69, 9.17) is 4.74 Å². The Labute approximate surface area is 108 Å². The minimum absolute atomic E-state index is 0.404. The summed E-state index contributed by atoms with van der Waals surface area (Å²) in [5, 5.41) is 10.1. The fourth-order valence-electron chi connectivity index (χ4n) is 1.84. The Hall–Kier alpha value is -1.61. The van der Waals surface area contributed by atoms with Crippen molar-refractivity contribution in [3.63, 3.8) is 0 Å². The summed E-state index contributed by atoms with van der Waals surface area (Å²) in [6.45, 7) is 2.03. The van der Waals surface area contributed by atoms with Crippen molar-refractivity contribution in [3.8, 4) is 0 Å². The minimum atomic E-state index is -0.761. The molecule has 0 heterocycles. The van der Waals surface area contributed by atoms with E-state index in [0.29, 0.717) is 6.42 Å². The third-order valence-corrected chi connectivity index (χ3v) is 2.78. The van der Waals surface area contributed by atoms with Gasteiger partial charge in [-0.25, -0.2) is 0 Å². The molecule has 1 N–H and O–H groups in total. The van der Waals surface area contributed by atoms with E-state index in [-0.39, 0.29) is 0 Å². The molecule has 0 aliphatic carbocycles. The van der Waals surface area contributed by atoms with Gasteiger partial charge in [-0.15, -0.1) is 0 Å². The molecule has 0 aromatic heterocycles. The molecule has 0 spiro atoms. The molecule has 0 aliphatic heterocycles. The molecule has 0 saturated carbocycles. The number of hydrogen-bond acceptors (Lipinski definition) is 3. The SMILES string of the molecule is CCC=CCC(O)C(C(=O)OC)c1ccccc1. The lowest BCUT2D eigenvalue weighted by atomic mass is 9.91. The van der Waals surface area contributed by atoms with Gasteiger partial charge < -0.3 is 9.84 Å². The van der Waals surface area contributed by atoms with Crippen molar-refractivity contribution < 1.29 is 14.6 Å². The van der Waals surface area contributed by atoms with Crippen LogP contribution in [0.5, 0.6) is 0 Å². The van der Waals surface area contributed by atoms with Gasteiger partial charge in [-0.1, -0.05) is 49.4 Å². The molecule has 1 rings (SSSR count). The van der Waals surface area contributed by atoms with E-state index in [9.17, 15) is 9.90 Å². The number of carbonyl (C=O) groups is 1. The van der Waals surface area contributed by atoms with Gasteiger partial charge in [0.2, 0.25) is 0 Å². The van der Waals surface area contributed by atoms with Crippen LogP contribution in [0.4, 0.5) is 0 Å². The van der Waals surface area contributed by atoms with Crippen LogP contribution in [-0.2, 0) is 9.53 Å². The smallest absolute Gasteiger partial charge is 0.315 e. The molecule has 0 fully saturated rings. The molecule has 1 aromatic rings. The van der Waals surface area contributed by atoms with Gasteiger partial charge in [0.1, 0.15) is 5.92 Å². The number of methoxy groups -OCH3 is 1. The zero-order valence-corrected chi connectivity index (χ0v) is 10.9. The van der Waals surface area contributed by atoms with Crippen molar-refractivity contribution in [2.45, 2.75) is 31.8 Å². The summed E-state index contributed by atoms with van der Waals surface area (Å²) in [5.74, 6) is -1.03. The highest BCUT2D eigenvalue weighted by Gasteiger charge is 2.28. The molecule has 3 heteroatoms. The molecule has 1 aromatic carbocycles. The number of ether oxygens (including phenoxy) is 1. The van der Waals surface area contributed by atoms with Gasteiger partial charge in [-0.2, -0.15) is 0 Å². The molecule has 0 aliphatic rings. The van der Waals surface area contributed by atoms with Crippen LogP contribution in [0.15, 0.2) is 42.5 Å². The Balaban J connectivity index is 2.85. The maximum absolute atomic E-state index is 11.8. The summed E-state index contributed by atoms with van der Waals surface area (Å²) in [7, 11) is 1.34. The predicted molar refractivity (Wildman–Crippen MR) is 71.3 cm³/mol. The standard InChI is InChI=1S/C15H20O3/c1-3-4-6-11-13(16)14(15(17)18-2)12-9-7-5-8-10-12/h4-10,13-14,16H,3,11H2,1-2H3. The monoisotopic (exact) mass is 248 g/mol. The topological polar surface area (TPSA) is 46.5 Å². The molecular weight excluding hydrogens is 228 g/mol. The fraction of sp³-hybridized carbons (Fsp3) is 0.400. The minimum Gasteiger partial charge on any atom is -0.468 e. The van der Waals surface area contributed by atoms with Gasteiger partial charge in [-0.05, 0) is 18.4 Å². The normalized spacial score (nSPS) is 14.4. The average molecular weight is 248 g/mol. The first-order chi connectivity index (χ1) is 8.70. The third kappa shape index (κ3) is 4.00. The van der Waals surface area contributed by atoms with Crippen molar-refractivity contribution in [2.24, 2.45) is 0 Å². The Bertz CT molecular complexity index is 384. The Kier molecular flexibility index (Phi) is 6.15. The number of esters is 1. The number of hydrogen-bond donors (Lipinski definition) is 1. The molecule has 0 amide bonds. The summed E-state index contributed by atoms with van der Waals surface area (Å²) < 4.78 is 4.77. The van der Waals surface area contributed by atoms with E-state index in [0.717, 1.165) is 12.0 Å². The first kappa shape index (κ1) is 14.5. The van der Waals surface area contributed by atoms with Crippen LogP contribution in [0.1, 0.15) is 31.2 Å². The molecule has 2 unspecified atom stereocenters. The molecular formula is C15H20O3. The van der Waals surface area contributed by atoms with Crippen LogP contribution in [0.3, 0.4) is 0 Å². The van der Waals surface area contributed by atoms with E-state index >= 15 is 0 Å². The summed E-state index contributed by atoms with van der Waals surface area (Å²) >= 11 is 0. The van der Waals surface area contributed by atoms with Crippen molar-refractivity contribution in [1.82, 2.24) is 0 Å². The molecule has 0 bridgehead atoms. The fourth-order valence-corrected chi connectivity index (χ4v) is 1.84. The Morgan fingerprint density at radius 2 is 2.00 bits per heavy atom. The van der Waals surface area contributed by atoms with Gasteiger partial charge >= 0.3 is 5.97 Å². The number of benzene rings is 1. The van der Waals surface area contributed by atoms with Gasteiger partial charge in [0.25, 0.3) is 0 Å². The van der Waals surface area contributed by atoms with Crippen molar-refractivity contribution in [2.75, 3.05) is 7.11 Å². The van der Waals surface area contributed by atoms with E-state index in [1.54, 1.807) is 0 Å². The first-order valence-corrected chi connectivity index (χ1v) is 6.16. The second-order valence-corrected chi connectivity index (χ2v) is 4.09. The second-order valence-electron chi connectivity index (χ2n) is 4.09. The molecule has 3 nitrogen and oxygen atoms in total. The van der Waals surface area contributed by atoms with E-state index < -0.39 is 18.0 Å². The van der Waals surface area contributed by atoms with E-state index in [1.807, 2.05) is 49.4 Å². The Morgan fingerprint density at radius 1 is 1.33 bits per heavy atom. The first-order valence-electron chi connectivity index (χ1n) is 6.16. The van der Waals surface area contributed by atoms with Crippen LogP contribution >= 0.6 is 0 Å². The lowest BCUT2D eigenvalue weighted by Crippen LogP contribution is -2.26. The summed E-state index contributed by atoms with van der Waals surface area (Å²) in [6, 6.07) is 9.23. The summed E-state index contributed by atoms with van der Waals surface area (Å²) in [6.07, 6.45) is 4.47. The number of aliphatic hydroxyl groups excluding tert-OH is 1. The zero-order chi connectivity index (χ0) is 13.4. The van der Waals surface area contributed by atoms with Crippen molar-refractivity contribution >= 4 is 5.97 Å². The maximum Gasteiger partial charge on any atom is 0.315 e. The van der Waals surface area contributed by atoms with Gasteiger partial charge in [0, 0.05) is 0 Å². The van der Waals surface area contributed by atoms with Crippen molar-refractivity contribution in [3.05, 3.63) is 48.0 Å². The number of carbonyl (C=O) groups excluding carboxylic acids is 1. The van der Waals surface area contributed by atoms with Gasteiger partial charge in [-0.3, -0.25) is 4.79 Å². The quantitative estimate of drug-likeness (QED) is 0.622. The largest absolute Gasteiger partial charge is 0.468 e. The molecule has 0 saturated heterocycles. The number of aliphatic hydroxyl groups is 1. The molecule has 0 radical (unpaired) electrons. The highest BCUT2D eigenvalue weighted by atomic mass is 16.5. The van der Waals surface area contributed by atoms with Crippen LogP contribution in [-0.4, -0.2) is 24.3 Å². The highest BCUT2D eigenvalue weighted by Crippen LogP contribution is 2.23. The maximum atomic E-state index is 11.8. The van der Waals surface area contributed by atoms with Gasteiger partial charge in [0.05, 0.1) is 13.2 Å². The predicted octanol–water partition coefficient (Wildman–Crippen LogP) is 2.66. The highest BCUT2D eigenvalue weighted by molar-refractivity contribution is 5.78.